The average Bonchev–Trinajstić information content (AvgIpc) is 2.87. The summed E-state index contributed by atoms with van der Waals surface area (Å²) in [7, 11) is 0. The van der Waals surface area contributed by atoms with Crippen molar-refractivity contribution in [3.63, 3.8) is 0 Å². The fourth-order valence-electron chi connectivity index (χ4n) is 4.14. The Morgan fingerprint density at radius 1 is 0.806 bits per heavy atom. The minimum atomic E-state index is -0.0446. The molecule has 0 aliphatic heterocycles. The van der Waals surface area contributed by atoms with Crippen LogP contribution in [0.5, 0.6) is 0 Å². The van der Waals surface area contributed by atoms with Gasteiger partial charge in [0.15, 0.2) is 0 Å². The largest absolute Gasteiger partial charge is 0.465 e. The van der Waals surface area contributed by atoms with E-state index in [0.29, 0.717) is 6.61 Å². The molecule has 0 spiro atoms. The van der Waals surface area contributed by atoms with Crippen LogP contribution in [0.2, 0.25) is 0 Å². The Balaban J connectivity index is 1.68. The van der Waals surface area contributed by atoms with E-state index in [4.69, 9.17) is 4.74 Å². The highest BCUT2D eigenvalue weighted by Crippen LogP contribution is 2.40. The fraction of sp³-hybridized carbons (Fsp3) is 0.594. The van der Waals surface area contributed by atoms with Crippen LogP contribution in [0.15, 0.2) is 58.8 Å². The molecule has 2 rings (SSSR count). The molecule has 0 N–H and O–H groups in total. The maximum atomic E-state index is 12.9. The summed E-state index contributed by atoms with van der Waals surface area (Å²) in [5, 5.41) is 8.64. The summed E-state index contributed by atoms with van der Waals surface area (Å²) >= 11 is 0. The van der Waals surface area contributed by atoms with Crippen LogP contribution in [0, 0.1) is 23.7 Å². The quantitative estimate of drug-likeness (QED) is 0.141. The number of aryl methyl sites for hydroxylation is 2. The zero-order valence-corrected chi connectivity index (χ0v) is 23.8. The summed E-state index contributed by atoms with van der Waals surface area (Å²) in [5.41, 5.74) is 4.38. The van der Waals surface area contributed by atoms with E-state index >= 15 is 0 Å². The molecule has 0 heterocycles. The van der Waals surface area contributed by atoms with Crippen LogP contribution >= 0.6 is 0 Å². The number of unbranched alkanes of at least 4 members (excludes halogenated alkanes) is 3. The van der Waals surface area contributed by atoms with Gasteiger partial charge in [0, 0.05) is 0 Å². The molecule has 0 bridgehead atoms. The highest BCUT2D eigenvalue weighted by atomic mass is 16.5. The minimum absolute atomic E-state index is 0.0111. The molecule has 2 aromatic rings. The fourth-order valence-corrected chi connectivity index (χ4v) is 4.14. The third kappa shape index (κ3) is 10.2. The molecule has 198 valence electrons. The first-order valence-corrected chi connectivity index (χ1v) is 13.8. The molecular formula is C32H48N2O2. The van der Waals surface area contributed by atoms with E-state index in [2.05, 4.69) is 70.8 Å². The lowest BCUT2D eigenvalue weighted by atomic mass is 9.68. The SMILES string of the molecule is CCC(C)(C)CC(C(=O)OCCCCCCc1ccc(/N=N/c2ccc(C)cc2)cc1)C(C)(C)CC. The smallest absolute Gasteiger partial charge is 0.309 e. The number of carbonyl (C=O) groups excluding carboxylic acids is 1. The Morgan fingerprint density at radius 3 is 1.92 bits per heavy atom. The number of esters is 1. The zero-order valence-electron chi connectivity index (χ0n) is 23.8. The Labute approximate surface area is 220 Å². The van der Waals surface area contributed by atoms with Crippen LogP contribution in [-0.2, 0) is 16.0 Å². The van der Waals surface area contributed by atoms with Gasteiger partial charge in [-0.2, -0.15) is 10.2 Å². The molecule has 1 atom stereocenters. The first-order chi connectivity index (χ1) is 17.1. The molecule has 2 aromatic carbocycles. The number of ether oxygens (including phenoxy) is 1. The molecule has 0 amide bonds. The van der Waals surface area contributed by atoms with Gasteiger partial charge < -0.3 is 4.74 Å². The van der Waals surface area contributed by atoms with Gasteiger partial charge in [-0.25, -0.2) is 0 Å². The molecular weight excluding hydrogens is 444 g/mol. The van der Waals surface area contributed by atoms with Gasteiger partial charge in [0.25, 0.3) is 0 Å². The Kier molecular flexibility index (Phi) is 11.8. The van der Waals surface area contributed by atoms with Gasteiger partial charge in [-0.15, -0.1) is 0 Å². The highest BCUT2D eigenvalue weighted by Gasteiger charge is 2.38. The van der Waals surface area contributed by atoms with Gasteiger partial charge >= 0.3 is 5.97 Å². The van der Waals surface area contributed by atoms with Crippen molar-refractivity contribution in [2.75, 3.05) is 6.61 Å². The summed E-state index contributed by atoms with van der Waals surface area (Å²) in [6.07, 6.45) is 8.26. The van der Waals surface area contributed by atoms with Crippen molar-refractivity contribution in [3.05, 3.63) is 59.7 Å². The predicted molar refractivity (Wildman–Crippen MR) is 151 cm³/mol. The van der Waals surface area contributed by atoms with Crippen LogP contribution in [0.1, 0.15) is 97.6 Å². The first kappa shape index (κ1) is 29.7. The van der Waals surface area contributed by atoms with Crippen LogP contribution in [0.4, 0.5) is 11.4 Å². The maximum absolute atomic E-state index is 12.9. The molecule has 0 saturated heterocycles. The van der Waals surface area contributed by atoms with E-state index < -0.39 is 0 Å². The van der Waals surface area contributed by atoms with Gasteiger partial charge in [-0.1, -0.05) is 97.1 Å². The molecule has 4 heteroatoms. The molecule has 0 aliphatic carbocycles. The molecule has 0 aromatic heterocycles. The molecule has 0 saturated carbocycles. The number of nitrogens with zero attached hydrogens (tertiary/aromatic N) is 2. The van der Waals surface area contributed by atoms with Crippen molar-refractivity contribution in [1.29, 1.82) is 0 Å². The summed E-state index contributed by atoms with van der Waals surface area (Å²) in [6.45, 7) is 15.9. The Bertz CT molecular complexity index is 943. The van der Waals surface area contributed by atoms with Crippen LogP contribution in [0.3, 0.4) is 0 Å². The standard InChI is InChI=1S/C32H48N2O2/c1-8-31(4,5)24-29(32(6,7)9-2)30(35)36-23-13-11-10-12-14-26-17-21-28(22-18-26)34-33-27-19-15-25(3)16-20-27/h15-22,29H,8-14,23-24H2,1-7H3/b34-33+. The lowest BCUT2D eigenvalue weighted by molar-refractivity contribution is -0.154. The van der Waals surface area contributed by atoms with Crippen LogP contribution in [0.25, 0.3) is 0 Å². The number of hydrogen-bond donors (Lipinski definition) is 0. The predicted octanol–water partition coefficient (Wildman–Crippen LogP) is 9.94. The van der Waals surface area contributed by atoms with Crippen molar-refractivity contribution >= 4 is 17.3 Å². The molecule has 0 aliphatic rings. The van der Waals surface area contributed by atoms with E-state index in [1.54, 1.807) is 0 Å². The first-order valence-electron chi connectivity index (χ1n) is 13.8. The number of rotatable bonds is 15. The van der Waals surface area contributed by atoms with Crippen molar-refractivity contribution < 1.29 is 9.53 Å². The molecule has 4 nitrogen and oxygen atoms in total. The zero-order chi connectivity index (χ0) is 26.6. The number of azo groups is 1. The van der Waals surface area contributed by atoms with Crippen LogP contribution in [-0.4, -0.2) is 12.6 Å². The van der Waals surface area contributed by atoms with E-state index in [1.807, 2.05) is 36.4 Å². The monoisotopic (exact) mass is 492 g/mol. The third-order valence-electron chi connectivity index (χ3n) is 7.71. The number of hydrogen-bond acceptors (Lipinski definition) is 4. The van der Waals surface area contributed by atoms with Crippen molar-refractivity contribution in [2.45, 2.75) is 99.8 Å². The summed E-state index contributed by atoms with van der Waals surface area (Å²) in [5.74, 6) is -0.0557. The molecule has 36 heavy (non-hydrogen) atoms. The minimum Gasteiger partial charge on any atom is -0.465 e. The van der Waals surface area contributed by atoms with Crippen molar-refractivity contribution in [2.24, 2.45) is 27.0 Å². The van der Waals surface area contributed by atoms with E-state index in [9.17, 15) is 4.79 Å². The van der Waals surface area contributed by atoms with Crippen molar-refractivity contribution in [1.82, 2.24) is 0 Å². The summed E-state index contributed by atoms with van der Waals surface area (Å²) in [6, 6.07) is 16.4. The van der Waals surface area contributed by atoms with Gasteiger partial charge in [0.1, 0.15) is 0 Å². The van der Waals surface area contributed by atoms with Gasteiger partial charge in [-0.3, -0.25) is 4.79 Å². The Morgan fingerprint density at radius 2 is 1.36 bits per heavy atom. The van der Waals surface area contributed by atoms with Crippen LogP contribution < -0.4 is 0 Å². The van der Waals surface area contributed by atoms with E-state index in [1.165, 1.54) is 11.1 Å². The number of benzene rings is 2. The third-order valence-corrected chi connectivity index (χ3v) is 7.71. The lowest BCUT2D eigenvalue weighted by Gasteiger charge is -2.37. The van der Waals surface area contributed by atoms with E-state index in [-0.39, 0.29) is 22.7 Å². The second-order valence-electron chi connectivity index (χ2n) is 11.7. The summed E-state index contributed by atoms with van der Waals surface area (Å²) < 4.78 is 5.76. The number of carbonyl (C=O) groups is 1. The lowest BCUT2D eigenvalue weighted by Crippen LogP contribution is -2.35. The molecule has 1 unspecified atom stereocenters. The summed E-state index contributed by atoms with van der Waals surface area (Å²) in [4.78, 5) is 12.9. The highest BCUT2D eigenvalue weighted by molar-refractivity contribution is 5.73. The normalized spacial score (nSPS) is 13.2. The Hall–Kier alpha value is -2.49. The van der Waals surface area contributed by atoms with Gasteiger partial charge in [0.05, 0.1) is 23.9 Å². The molecule has 0 fully saturated rings. The maximum Gasteiger partial charge on any atom is 0.309 e. The molecule has 0 radical (unpaired) electrons. The van der Waals surface area contributed by atoms with Gasteiger partial charge in [0.2, 0.25) is 0 Å². The van der Waals surface area contributed by atoms with E-state index in [0.717, 1.165) is 62.7 Å². The van der Waals surface area contributed by atoms with Crippen molar-refractivity contribution in [3.8, 4) is 0 Å². The van der Waals surface area contributed by atoms with Gasteiger partial charge in [-0.05, 0) is 73.3 Å². The average molecular weight is 493 g/mol. The second-order valence-corrected chi connectivity index (χ2v) is 11.7. The topological polar surface area (TPSA) is 51.0 Å². The second kappa shape index (κ2) is 14.3.